The summed E-state index contributed by atoms with van der Waals surface area (Å²) in [4.78, 5) is 3.85. The molecule has 0 bridgehead atoms. The zero-order chi connectivity index (χ0) is 15.5. The standard InChI is InChI=1S/C11H13Cl2N5O2S/c12-8-1-2-9(11(13)7(8)5-14)21(19,20)17-4-3-10-15-6-16-18-10/h1-2,6,17H,3-5,14H2,(H,15,16,18). The molecule has 10 heteroatoms. The quantitative estimate of drug-likeness (QED) is 0.722. The first-order valence-corrected chi connectivity index (χ1v) is 8.20. The van der Waals surface area contributed by atoms with Crippen LogP contribution in [-0.4, -0.2) is 30.1 Å². The Balaban J connectivity index is 2.16. The Morgan fingerprint density at radius 1 is 1.33 bits per heavy atom. The number of aromatic nitrogens is 3. The van der Waals surface area contributed by atoms with Crippen molar-refractivity contribution in [2.75, 3.05) is 6.54 Å². The van der Waals surface area contributed by atoms with Gasteiger partial charge >= 0.3 is 0 Å². The number of H-pyrrole nitrogens is 1. The fourth-order valence-electron chi connectivity index (χ4n) is 1.70. The molecule has 0 spiro atoms. The normalized spacial score (nSPS) is 11.8. The van der Waals surface area contributed by atoms with Crippen LogP contribution >= 0.6 is 23.2 Å². The first kappa shape index (κ1) is 16.2. The van der Waals surface area contributed by atoms with Crippen molar-refractivity contribution in [1.29, 1.82) is 0 Å². The van der Waals surface area contributed by atoms with Crippen LogP contribution in [0.2, 0.25) is 10.0 Å². The first-order chi connectivity index (χ1) is 9.95. The molecule has 0 aliphatic rings. The lowest BCUT2D eigenvalue weighted by Gasteiger charge is -2.11. The number of hydrogen-bond acceptors (Lipinski definition) is 5. The predicted molar refractivity (Wildman–Crippen MR) is 79.6 cm³/mol. The van der Waals surface area contributed by atoms with E-state index >= 15 is 0 Å². The van der Waals surface area contributed by atoms with Crippen LogP contribution in [0.15, 0.2) is 23.4 Å². The molecule has 0 saturated heterocycles. The highest BCUT2D eigenvalue weighted by molar-refractivity contribution is 7.89. The molecule has 4 N–H and O–H groups in total. The van der Waals surface area contributed by atoms with Crippen LogP contribution in [0.4, 0.5) is 0 Å². The van der Waals surface area contributed by atoms with Crippen molar-refractivity contribution < 1.29 is 8.42 Å². The number of nitrogens with zero attached hydrogens (tertiary/aromatic N) is 2. The fourth-order valence-corrected chi connectivity index (χ4v) is 3.67. The van der Waals surface area contributed by atoms with Crippen molar-refractivity contribution in [1.82, 2.24) is 19.9 Å². The van der Waals surface area contributed by atoms with Gasteiger partial charge in [0.2, 0.25) is 10.0 Å². The Bertz CT molecular complexity index is 718. The molecule has 21 heavy (non-hydrogen) atoms. The molecule has 0 radical (unpaired) electrons. The highest BCUT2D eigenvalue weighted by atomic mass is 35.5. The highest BCUT2D eigenvalue weighted by Crippen LogP contribution is 2.30. The summed E-state index contributed by atoms with van der Waals surface area (Å²) in [5.41, 5.74) is 5.92. The van der Waals surface area contributed by atoms with E-state index in [-0.39, 0.29) is 23.0 Å². The molecule has 1 heterocycles. The van der Waals surface area contributed by atoms with Crippen molar-refractivity contribution in [2.45, 2.75) is 17.9 Å². The van der Waals surface area contributed by atoms with Gasteiger partial charge in [0.25, 0.3) is 0 Å². The summed E-state index contributed by atoms with van der Waals surface area (Å²) in [6, 6.07) is 2.81. The Kier molecular flexibility index (Phi) is 5.17. The summed E-state index contributed by atoms with van der Waals surface area (Å²) in [5, 5.41) is 6.70. The van der Waals surface area contributed by atoms with Gasteiger partial charge in [0.15, 0.2) is 0 Å². The van der Waals surface area contributed by atoms with E-state index in [1.165, 1.54) is 18.5 Å². The summed E-state index contributed by atoms with van der Waals surface area (Å²) in [6.45, 7) is 0.216. The van der Waals surface area contributed by atoms with Gasteiger partial charge in [0.05, 0.1) is 5.02 Å². The molecule has 2 aromatic rings. The maximum absolute atomic E-state index is 12.2. The fraction of sp³-hybridized carbons (Fsp3) is 0.273. The van der Waals surface area contributed by atoms with Crippen molar-refractivity contribution in [2.24, 2.45) is 5.73 Å². The molecule has 1 aromatic heterocycles. The van der Waals surface area contributed by atoms with Crippen LogP contribution in [0.25, 0.3) is 0 Å². The molecule has 0 aliphatic heterocycles. The molecule has 0 aliphatic carbocycles. The molecule has 7 nitrogen and oxygen atoms in total. The second kappa shape index (κ2) is 6.71. The molecule has 0 amide bonds. The van der Waals surface area contributed by atoms with Gasteiger partial charge in [-0.15, -0.1) is 0 Å². The SMILES string of the molecule is NCc1c(Cl)ccc(S(=O)(=O)NCCc2ncn[nH]2)c1Cl. The maximum Gasteiger partial charge on any atom is 0.242 e. The topological polar surface area (TPSA) is 114 Å². The third kappa shape index (κ3) is 3.72. The minimum absolute atomic E-state index is 0.0390. The lowest BCUT2D eigenvalue weighted by Crippen LogP contribution is -2.26. The van der Waals surface area contributed by atoms with Crippen molar-refractivity contribution in [3.63, 3.8) is 0 Å². The number of benzene rings is 1. The van der Waals surface area contributed by atoms with E-state index in [1.807, 2.05) is 0 Å². The summed E-state index contributed by atoms with van der Waals surface area (Å²) in [5.74, 6) is 0.586. The van der Waals surface area contributed by atoms with Gasteiger partial charge in [-0.05, 0) is 12.1 Å². The second-order valence-electron chi connectivity index (χ2n) is 4.12. The lowest BCUT2D eigenvalue weighted by atomic mass is 10.2. The van der Waals surface area contributed by atoms with Gasteiger partial charge in [0, 0.05) is 30.1 Å². The van der Waals surface area contributed by atoms with E-state index in [2.05, 4.69) is 19.9 Å². The smallest absolute Gasteiger partial charge is 0.242 e. The van der Waals surface area contributed by atoms with Gasteiger partial charge in [-0.1, -0.05) is 23.2 Å². The average molecular weight is 350 g/mol. The van der Waals surface area contributed by atoms with Gasteiger partial charge < -0.3 is 5.73 Å². The molecule has 0 saturated carbocycles. The molecule has 114 valence electrons. The number of aromatic amines is 1. The van der Waals surface area contributed by atoms with Crippen molar-refractivity contribution in [3.8, 4) is 0 Å². The van der Waals surface area contributed by atoms with E-state index < -0.39 is 10.0 Å². The van der Waals surface area contributed by atoms with Gasteiger partial charge in [0.1, 0.15) is 17.0 Å². The molecule has 2 rings (SSSR count). The van der Waals surface area contributed by atoms with Crippen molar-refractivity contribution >= 4 is 33.2 Å². The minimum atomic E-state index is -3.75. The largest absolute Gasteiger partial charge is 0.326 e. The predicted octanol–water partition coefficient (Wildman–Crippen LogP) is 1.09. The molecular formula is C11H13Cl2N5O2S. The number of nitrogens with one attached hydrogen (secondary N) is 2. The van der Waals surface area contributed by atoms with E-state index in [9.17, 15) is 8.42 Å². The minimum Gasteiger partial charge on any atom is -0.326 e. The third-order valence-electron chi connectivity index (χ3n) is 2.76. The summed E-state index contributed by atoms with van der Waals surface area (Å²) >= 11 is 12.0. The Labute approximate surface area is 131 Å². The van der Waals surface area contributed by atoms with Crippen LogP contribution in [0, 0.1) is 0 Å². The third-order valence-corrected chi connectivity index (χ3v) is 5.16. The number of rotatable bonds is 6. The highest BCUT2D eigenvalue weighted by Gasteiger charge is 2.20. The van der Waals surface area contributed by atoms with Gasteiger partial charge in [-0.25, -0.2) is 18.1 Å². The van der Waals surface area contributed by atoms with E-state index in [1.54, 1.807) is 0 Å². The maximum atomic E-state index is 12.2. The van der Waals surface area contributed by atoms with E-state index in [4.69, 9.17) is 28.9 Å². The number of hydrogen-bond donors (Lipinski definition) is 3. The van der Waals surface area contributed by atoms with Crippen LogP contribution in [-0.2, 0) is 23.0 Å². The molecule has 0 fully saturated rings. The summed E-state index contributed by atoms with van der Waals surface area (Å²) < 4.78 is 26.9. The Hall–Kier alpha value is -1.19. The lowest BCUT2D eigenvalue weighted by molar-refractivity contribution is 0.581. The number of sulfonamides is 1. The van der Waals surface area contributed by atoms with E-state index in [0.717, 1.165) is 0 Å². The molecular weight excluding hydrogens is 337 g/mol. The monoisotopic (exact) mass is 349 g/mol. The zero-order valence-corrected chi connectivity index (χ0v) is 13.1. The van der Waals surface area contributed by atoms with Crippen LogP contribution < -0.4 is 10.5 Å². The summed E-state index contributed by atoms with van der Waals surface area (Å²) in [6.07, 6.45) is 1.74. The molecule has 1 aromatic carbocycles. The molecule has 0 atom stereocenters. The first-order valence-electron chi connectivity index (χ1n) is 5.96. The van der Waals surface area contributed by atoms with Crippen LogP contribution in [0.5, 0.6) is 0 Å². The zero-order valence-electron chi connectivity index (χ0n) is 10.8. The number of nitrogens with two attached hydrogens (primary N) is 1. The van der Waals surface area contributed by atoms with Crippen LogP contribution in [0.1, 0.15) is 11.4 Å². The van der Waals surface area contributed by atoms with E-state index in [0.29, 0.717) is 22.8 Å². The van der Waals surface area contributed by atoms with Gasteiger partial charge in [-0.3, -0.25) is 5.10 Å². The van der Waals surface area contributed by atoms with Crippen molar-refractivity contribution in [3.05, 3.63) is 39.9 Å². The van der Waals surface area contributed by atoms with Gasteiger partial charge in [-0.2, -0.15) is 5.10 Å². The molecule has 0 unspecified atom stereocenters. The Morgan fingerprint density at radius 3 is 2.71 bits per heavy atom. The average Bonchev–Trinajstić information content (AvgIpc) is 2.92. The summed E-state index contributed by atoms with van der Waals surface area (Å²) in [7, 11) is -3.75. The second-order valence-corrected chi connectivity index (χ2v) is 6.64. The van der Waals surface area contributed by atoms with Crippen LogP contribution in [0.3, 0.4) is 0 Å². The Morgan fingerprint density at radius 2 is 2.10 bits per heavy atom. The number of halogens is 2.